The van der Waals surface area contributed by atoms with Gasteiger partial charge in [-0.2, -0.15) is 0 Å². The summed E-state index contributed by atoms with van der Waals surface area (Å²) in [4.78, 5) is 22.1. The van der Waals surface area contributed by atoms with Crippen molar-refractivity contribution >= 4 is 27.3 Å². The normalized spacial score (nSPS) is 20.4. The van der Waals surface area contributed by atoms with Crippen molar-refractivity contribution in [2.75, 3.05) is 25.0 Å². The molecular weight excluding hydrogens is 362 g/mol. The Labute approximate surface area is 151 Å². The van der Waals surface area contributed by atoms with E-state index in [9.17, 15) is 23.3 Å². The third-order valence-corrected chi connectivity index (χ3v) is 5.25. The summed E-state index contributed by atoms with van der Waals surface area (Å²) >= 11 is 0. The van der Waals surface area contributed by atoms with Gasteiger partial charge in [0.1, 0.15) is 5.69 Å². The fraction of sp³-hybridized carbons (Fsp3) is 0.533. The molecule has 2 atom stereocenters. The van der Waals surface area contributed by atoms with Crippen LogP contribution in [0.4, 0.5) is 11.4 Å². The Morgan fingerprint density at radius 2 is 2.19 bits per heavy atom. The second-order valence-electron chi connectivity index (χ2n) is 6.30. The second-order valence-corrected chi connectivity index (χ2v) is 7.86. The van der Waals surface area contributed by atoms with Crippen LogP contribution in [0.15, 0.2) is 23.1 Å². The zero-order valence-corrected chi connectivity index (χ0v) is 15.2. The van der Waals surface area contributed by atoms with Gasteiger partial charge in [-0.15, -0.1) is 0 Å². The number of primary sulfonamides is 1. The van der Waals surface area contributed by atoms with Crippen molar-refractivity contribution in [3.63, 3.8) is 0 Å². The van der Waals surface area contributed by atoms with Crippen molar-refractivity contribution in [2.24, 2.45) is 11.1 Å². The molecule has 1 amide bonds. The number of nitrogens with zero attached hydrogens (tertiary/aromatic N) is 1. The number of nitro benzene ring substituents is 1. The fourth-order valence-corrected chi connectivity index (χ4v) is 3.30. The van der Waals surface area contributed by atoms with Crippen LogP contribution in [0.3, 0.4) is 0 Å². The number of anilines is 1. The van der Waals surface area contributed by atoms with Gasteiger partial charge in [0.2, 0.25) is 15.9 Å². The lowest BCUT2D eigenvalue weighted by Gasteiger charge is -2.30. The molecule has 1 aliphatic heterocycles. The number of benzene rings is 1. The van der Waals surface area contributed by atoms with Crippen molar-refractivity contribution in [3.8, 4) is 0 Å². The monoisotopic (exact) mass is 385 g/mol. The Morgan fingerprint density at radius 3 is 2.81 bits per heavy atom. The van der Waals surface area contributed by atoms with E-state index in [1.807, 2.05) is 0 Å². The van der Waals surface area contributed by atoms with Crippen LogP contribution < -0.4 is 21.1 Å². The fourth-order valence-electron chi connectivity index (χ4n) is 2.76. The molecule has 0 aliphatic carbocycles. The smallest absolute Gasteiger partial charge is 0.293 e. The number of rotatable bonds is 7. The Kier molecular flexibility index (Phi) is 6.51. The van der Waals surface area contributed by atoms with E-state index < -0.39 is 20.6 Å². The first-order valence-corrected chi connectivity index (χ1v) is 9.78. The SMILES string of the molecule is CC1CCNCC1NC(=O)CCNc1ccc(S(N)(=O)=O)cc1[N+](=O)[O-]. The molecule has 1 saturated heterocycles. The largest absolute Gasteiger partial charge is 0.379 e. The average Bonchev–Trinajstić information content (AvgIpc) is 2.56. The molecular formula is C15H23N5O5S. The molecule has 0 radical (unpaired) electrons. The summed E-state index contributed by atoms with van der Waals surface area (Å²) in [7, 11) is -4.03. The highest BCUT2D eigenvalue weighted by Gasteiger charge is 2.23. The van der Waals surface area contributed by atoms with E-state index in [4.69, 9.17) is 5.14 Å². The van der Waals surface area contributed by atoms with Gasteiger partial charge in [0, 0.05) is 31.6 Å². The van der Waals surface area contributed by atoms with Gasteiger partial charge in [0.25, 0.3) is 5.69 Å². The molecule has 0 aromatic heterocycles. The molecule has 0 spiro atoms. The average molecular weight is 385 g/mol. The van der Waals surface area contributed by atoms with Crippen LogP contribution in [0.1, 0.15) is 19.8 Å². The molecule has 1 fully saturated rings. The Bertz CT molecular complexity index is 783. The number of carbonyl (C=O) groups is 1. The minimum Gasteiger partial charge on any atom is -0.379 e. The van der Waals surface area contributed by atoms with E-state index in [0.29, 0.717) is 5.92 Å². The first-order valence-electron chi connectivity index (χ1n) is 8.23. The minimum absolute atomic E-state index is 0.0691. The molecule has 1 aliphatic rings. The highest BCUT2D eigenvalue weighted by atomic mass is 32.2. The summed E-state index contributed by atoms with van der Waals surface area (Å²) in [6.07, 6.45) is 1.13. The van der Waals surface area contributed by atoms with Gasteiger partial charge in [-0.05, 0) is 31.0 Å². The minimum atomic E-state index is -4.03. The molecule has 0 saturated carbocycles. The van der Waals surface area contributed by atoms with Crippen LogP contribution in [-0.4, -0.2) is 44.9 Å². The quantitative estimate of drug-likeness (QED) is 0.384. The van der Waals surface area contributed by atoms with E-state index in [0.717, 1.165) is 25.6 Å². The van der Waals surface area contributed by atoms with E-state index in [-0.39, 0.29) is 35.5 Å². The predicted molar refractivity (Wildman–Crippen MR) is 96.2 cm³/mol. The number of sulfonamides is 1. The number of nitrogens with one attached hydrogen (secondary N) is 3. The van der Waals surface area contributed by atoms with Gasteiger partial charge in [-0.25, -0.2) is 13.6 Å². The number of carbonyl (C=O) groups excluding carboxylic acids is 1. The number of piperidine rings is 1. The standard InChI is InChI=1S/C15H23N5O5S/c1-10-4-6-17-9-13(10)19-15(21)5-7-18-12-3-2-11(26(16,24)25)8-14(12)20(22)23/h2-3,8,10,13,17-18H,4-7,9H2,1H3,(H,19,21)(H2,16,24,25). The molecule has 2 rings (SSSR count). The maximum Gasteiger partial charge on any atom is 0.293 e. The van der Waals surface area contributed by atoms with Crippen LogP contribution in [0.2, 0.25) is 0 Å². The zero-order valence-electron chi connectivity index (χ0n) is 14.4. The summed E-state index contributed by atoms with van der Waals surface area (Å²) in [6.45, 7) is 3.92. The van der Waals surface area contributed by atoms with E-state index in [2.05, 4.69) is 22.9 Å². The second kappa shape index (κ2) is 8.43. The van der Waals surface area contributed by atoms with E-state index in [1.165, 1.54) is 12.1 Å². The Morgan fingerprint density at radius 1 is 1.46 bits per heavy atom. The molecule has 5 N–H and O–H groups in total. The number of nitro groups is 1. The predicted octanol–water partition coefficient (Wildman–Crippen LogP) is 0.158. The molecule has 1 heterocycles. The van der Waals surface area contributed by atoms with Gasteiger partial charge in [0.15, 0.2) is 0 Å². The maximum absolute atomic E-state index is 12.0. The first-order chi connectivity index (χ1) is 12.2. The topological polar surface area (TPSA) is 156 Å². The number of amides is 1. The van der Waals surface area contributed by atoms with Gasteiger partial charge < -0.3 is 16.0 Å². The third-order valence-electron chi connectivity index (χ3n) is 4.34. The van der Waals surface area contributed by atoms with Crippen LogP contribution in [0.5, 0.6) is 0 Å². The van der Waals surface area contributed by atoms with Gasteiger partial charge in [0.05, 0.1) is 9.82 Å². The summed E-state index contributed by atoms with van der Waals surface area (Å²) in [5.74, 6) is 0.238. The summed E-state index contributed by atoms with van der Waals surface area (Å²) in [5, 5.41) is 25.1. The van der Waals surface area contributed by atoms with Crippen molar-refractivity contribution < 1.29 is 18.1 Å². The lowest BCUT2D eigenvalue weighted by Crippen LogP contribution is -2.50. The Hall–Kier alpha value is -2.24. The number of nitrogens with two attached hydrogens (primary N) is 1. The van der Waals surface area contributed by atoms with Crippen LogP contribution in [0, 0.1) is 16.0 Å². The van der Waals surface area contributed by atoms with E-state index >= 15 is 0 Å². The third kappa shape index (κ3) is 5.38. The molecule has 2 unspecified atom stereocenters. The highest BCUT2D eigenvalue weighted by molar-refractivity contribution is 7.89. The summed E-state index contributed by atoms with van der Waals surface area (Å²) in [6, 6.07) is 3.41. The molecule has 0 bridgehead atoms. The van der Waals surface area contributed by atoms with Gasteiger partial charge in [-0.1, -0.05) is 6.92 Å². The molecule has 10 nitrogen and oxygen atoms in total. The van der Waals surface area contributed by atoms with Crippen LogP contribution in [-0.2, 0) is 14.8 Å². The van der Waals surface area contributed by atoms with E-state index in [1.54, 1.807) is 0 Å². The maximum atomic E-state index is 12.0. The van der Waals surface area contributed by atoms with Crippen molar-refractivity contribution in [1.29, 1.82) is 0 Å². The van der Waals surface area contributed by atoms with Crippen molar-refractivity contribution in [1.82, 2.24) is 10.6 Å². The summed E-state index contributed by atoms with van der Waals surface area (Å²) < 4.78 is 22.6. The van der Waals surface area contributed by atoms with Crippen LogP contribution in [0.25, 0.3) is 0 Å². The summed E-state index contributed by atoms with van der Waals surface area (Å²) in [5.41, 5.74) is -0.287. The zero-order chi connectivity index (χ0) is 19.3. The van der Waals surface area contributed by atoms with Crippen LogP contribution >= 0.6 is 0 Å². The Balaban J connectivity index is 1.94. The first kappa shape index (κ1) is 20.1. The van der Waals surface area contributed by atoms with Gasteiger partial charge in [-0.3, -0.25) is 14.9 Å². The van der Waals surface area contributed by atoms with Gasteiger partial charge >= 0.3 is 0 Å². The molecule has 144 valence electrons. The lowest BCUT2D eigenvalue weighted by molar-refractivity contribution is -0.384. The molecule has 11 heteroatoms. The highest BCUT2D eigenvalue weighted by Crippen LogP contribution is 2.27. The van der Waals surface area contributed by atoms with Crippen molar-refractivity contribution in [2.45, 2.75) is 30.7 Å². The molecule has 1 aromatic carbocycles. The number of hydrogen-bond acceptors (Lipinski definition) is 7. The number of hydrogen-bond donors (Lipinski definition) is 4. The molecule has 1 aromatic rings. The van der Waals surface area contributed by atoms with Crippen molar-refractivity contribution in [3.05, 3.63) is 28.3 Å². The lowest BCUT2D eigenvalue weighted by atomic mass is 9.95. The molecule has 26 heavy (non-hydrogen) atoms.